The summed E-state index contributed by atoms with van der Waals surface area (Å²) in [4.78, 5) is 14.5. The number of ether oxygens (including phenoxy) is 5. The van der Waals surface area contributed by atoms with E-state index >= 15 is 0 Å². The lowest BCUT2D eigenvalue weighted by Gasteiger charge is -2.48. The molecule has 6 atom stereocenters. The van der Waals surface area contributed by atoms with E-state index in [2.05, 4.69) is 30.3 Å². The monoisotopic (exact) mass is 604 g/mol. The highest BCUT2D eigenvalue weighted by atomic mass is 32.2. The number of thioether (sulfide) groups is 1. The van der Waals surface area contributed by atoms with Gasteiger partial charge in [-0.2, -0.15) is 0 Å². The van der Waals surface area contributed by atoms with Crippen LogP contribution in [-0.4, -0.2) is 42.4 Å². The quantitative estimate of drug-likeness (QED) is 0.169. The van der Waals surface area contributed by atoms with Crippen molar-refractivity contribution in [1.82, 2.24) is 0 Å². The molecule has 0 amide bonds. The molecule has 2 saturated heterocycles. The van der Waals surface area contributed by atoms with Crippen LogP contribution in [0.25, 0.3) is 10.8 Å². The molecule has 2 heterocycles. The Morgan fingerprint density at radius 3 is 2.18 bits per heavy atom. The Morgan fingerprint density at radius 1 is 0.727 bits per heavy atom. The maximum atomic E-state index is 13.5. The highest BCUT2D eigenvalue weighted by molar-refractivity contribution is 7.99. The lowest BCUT2D eigenvalue weighted by atomic mass is 9.98. The first-order valence-electron chi connectivity index (χ1n) is 14.8. The van der Waals surface area contributed by atoms with Crippen LogP contribution < -0.4 is 0 Å². The molecule has 6 unspecified atom stereocenters. The Labute approximate surface area is 260 Å². The van der Waals surface area contributed by atoms with Crippen molar-refractivity contribution in [3.05, 3.63) is 150 Å². The zero-order chi connectivity index (χ0) is 29.7. The molecule has 7 heteroatoms. The van der Waals surface area contributed by atoms with Crippen molar-refractivity contribution < 1.29 is 28.5 Å². The average Bonchev–Trinajstić information content (AvgIpc) is 3.09. The fourth-order valence-corrected chi connectivity index (χ4v) is 6.78. The van der Waals surface area contributed by atoms with E-state index < -0.39 is 42.1 Å². The van der Waals surface area contributed by atoms with Crippen molar-refractivity contribution in [2.24, 2.45) is 0 Å². The molecule has 0 spiro atoms. The molecular formula is C37H32O6S. The third-order valence-corrected chi connectivity index (χ3v) is 9.02. The van der Waals surface area contributed by atoms with Gasteiger partial charge in [0.25, 0.3) is 0 Å². The van der Waals surface area contributed by atoms with Crippen LogP contribution in [-0.2, 0) is 30.3 Å². The molecule has 0 radical (unpaired) electrons. The van der Waals surface area contributed by atoms with E-state index in [4.69, 9.17) is 23.7 Å². The van der Waals surface area contributed by atoms with E-state index in [1.807, 2.05) is 91.0 Å². The Hall–Kier alpha value is -3.98. The van der Waals surface area contributed by atoms with Gasteiger partial charge in [-0.1, -0.05) is 115 Å². The van der Waals surface area contributed by atoms with Gasteiger partial charge in [-0.05, 0) is 46.7 Å². The number of rotatable bonds is 8. The van der Waals surface area contributed by atoms with Crippen LogP contribution >= 0.6 is 11.8 Å². The van der Waals surface area contributed by atoms with Gasteiger partial charge in [-0.25, -0.2) is 4.79 Å². The highest BCUT2D eigenvalue weighted by Crippen LogP contribution is 2.41. The van der Waals surface area contributed by atoms with Crippen molar-refractivity contribution in [3.8, 4) is 0 Å². The minimum absolute atomic E-state index is 0.307. The standard InChI is InChI=1S/C37H32O6S/c38-35(27-13-4-1-5-14-27)42-34-33(39-23-25-20-21-26-12-10-11-17-29(26)22-25)32-31(41-37(34)44-30-18-8-3-9-19-30)24-40-36(43-32)28-15-6-2-7-16-28/h1-22,31-34,36-37H,23-24H2. The second kappa shape index (κ2) is 13.3. The smallest absolute Gasteiger partial charge is 0.338 e. The second-order valence-electron chi connectivity index (χ2n) is 10.8. The van der Waals surface area contributed by atoms with Crippen molar-refractivity contribution >= 4 is 28.5 Å². The molecule has 0 aromatic heterocycles. The summed E-state index contributed by atoms with van der Waals surface area (Å²) in [6, 6.07) is 43.3. The molecule has 5 aromatic carbocycles. The van der Waals surface area contributed by atoms with E-state index in [9.17, 15) is 4.79 Å². The van der Waals surface area contributed by atoms with E-state index in [1.54, 1.807) is 12.1 Å². The first-order valence-corrected chi connectivity index (χ1v) is 15.6. The third-order valence-electron chi connectivity index (χ3n) is 7.86. The fraction of sp³-hybridized carbons (Fsp3) is 0.216. The highest BCUT2D eigenvalue weighted by Gasteiger charge is 2.52. The largest absolute Gasteiger partial charge is 0.452 e. The van der Waals surface area contributed by atoms with E-state index in [0.29, 0.717) is 18.8 Å². The zero-order valence-corrected chi connectivity index (χ0v) is 24.8. The van der Waals surface area contributed by atoms with Gasteiger partial charge < -0.3 is 23.7 Å². The van der Waals surface area contributed by atoms with Gasteiger partial charge in [-0.15, -0.1) is 0 Å². The van der Waals surface area contributed by atoms with Gasteiger partial charge in [0.05, 0.1) is 18.8 Å². The summed E-state index contributed by atoms with van der Waals surface area (Å²) >= 11 is 1.50. The molecule has 0 saturated carbocycles. The van der Waals surface area contributed by atoms with Gasteiger partial charge >= 0.3 is 5.97 Å². The number of carbonyl (C=O) groups is 1. The molecule has 2 aliphatic heterocycles. The van der Waals surface area contributed by atoms with Crippen LogP contribution in [0, 0.1) is 0 Å². The summed E-state index contributed by atoms with van der Waals surface area (Å²) < 4.78 is 32.4. The lowest BCUT2D eigenvalue weighted by molar-refractivity contribution is -0.324. The summed E-state index contributed by atoms with van der Waals surface area (Å²) in [5, 5.41) is 2.30. The molecule has 0 aliphatic carbocycles. The molecule has 44 heavy (non-hydrogen) atoms. The van der Waals surface area contributed by atoms with Gasteiger partial charge in [-0.3, -0.25) is 0 Å². The number of fused-ring (bicyclic) bond motifs is 2. The molecule has 5 aromatic rings. The summed E-state index contributed by atoms with van der Waals surface area (Å²) in [7, 11) is 0. The van der Waals surface area contributed by atoms with Crippen molar-refractivity contribution in [3.63, 3.8) is 0 Å². The van der Waals surface area contributed by atoms with Crippen molar-refractivity contribution in [1.29, 1.82) is 0 Å². The number of esters is 1. The van der Waals surface area contributed by atoms with Crippen LogP contribution in [0.2, 0.25) is 0 Å². The predicted molar refractivity (Wildman–Crippen MR) is 169 cm³/mol. The molecule has 2 aliphatic rings. The van der Waals surface area contributed by atoms with Crippen LogP contribution in [0.5, 0.6) is 0 Å². The van der Waals surface area contributed by atoms with Gasteiger partial charge in [0.2, 0.25) is 0 Å². The van der Waals surface area contributed by atoms with Crippen LogP contribution in [0.3, 0.4) is 0 Å². The Kier molecular flexibility index (Phi) is 8.72. The minimum atomic E-state index is -0.774. The van der Waals surface area contributed by atoms with Crippen molar-refractivity contribution in [2.45, 2.75) is 47.6 Å². The summed E-state index contributed by atoms with van der Waals surface area (Å²) in [6.07, 6.45) is -2.98. The number of hydrogen-bond acceptors (Lipinski definition) is 7. The fourth-order valence-electron chi connectivity index (χ4n) is 5.66. The molecule has 0 bridgehead atoms. The molecule has 7 rings (SSSR count). The summed E-state index contributed by atoms with van der Waals surface area (Å²) in [5.74, 6) is -0.442. The third kappa shape index (κ3) is 6.43. The van der Waals surface area contributed by atoms with Crippen LogP contribution in [0.1, 0.15) is 27.8 Å². The first-order chi connectivity index (χ1) is 21.7. The van der Waals surface area contributed by atoms with Gasteiger partial charge in [0.1, 0.15) is 23.7 Å². The number of carbonyl (C=O) groups excluding carboxylic acids is 1. The van der Waals surface area contributed by atoms with Crippen molar-refractivity contribution in [2.75, 3.05) is 6.61 Å². The maximum absolute atomic E-state index is 13.5. The Morgan fingerprint density at radius 2 is 1.41 bits per heavy atom. The summed E-state index contributed by atoms with van der Waals surface area (Å²) in [5.41, 5.74) is 1.81. The SMILES string of the molecule is O=C(OC1C(Sc2ccccc2)OC2COC(c3ccccc3)OC2C1OCc1ccc2ccccc2c1)c1ccccc1. The van der Waals surface area contributed by atoms with E-state index in [1.165, 1.54) is 11.8 Å². The van der Waals surface area contributed by atoms with Gasteiger partial charge in [0.15, 0.2) is 12.4 Å². The molecular weight excluding hydrogens is 572 g/mol. The predicted octanol–water partition coefficient (Wildman–Crippen LogP) is 7.58. The molecule has 6 nitrogen and oxygen atoms in total. The number of benzene rings is 5. The zero-order valence-electron chi connectivity index (χ0n) is 23.9. The van der Waals surface area contributed by atoms with Crippen LogP contribution in [0.4, 0.5) is 0 Å². The van der Waals surface area contributed by atoms with E-state index in [0.717, 1.165) is 26.8 Å². The normalized spacial score (nSPS) is 24.8. The molecule has 222 valence electrons. The topological polar surface area (TPSA) is 63.2 Å². The maximum Gasteiger partial charge on any atom is 0.338 e. The first kappa shape index (κ1) is 28.8. The lowest BCUT2D eigenvalue weighted by Crippen LogP contribution is -2.62. The Balaban J connectivity index is 1.22. The second-order valence-corrected chi connectivity index (χ2v) is 12.0. The van der Waals surface area contributed by atoms with Crippen LogP contribution in [0.15, 0.2) is 138 Å². The average molecular weight is 605 g/mol. The molecule has 2 fully saturated rings. The molecule has 0 N–H and O–H groups in total. The van der Waals surface area contributed by atoms with E-state index in [-0.39, 0.29) is 0 Å². The minimum Gasteiger partial charge on any atom is -0.452 e. The Bertz CT molecular complexity index is 1680. The van der Waals surface area contributed by atoms with Gasteiger partial charge in [0, 0.05) is 10.5 Å². The number of hydrogen-bond donors (Lipinski definition) is 0. The summed E-state index contributed by atoms with van der Waals surface area (Å²) in [6.45, 7) is 0.617.